The van der Waals surface area contributed by atoms with Crippen LogP contribution in [0.15, 0.2) is 29.8 Å². The molecule has 2 aromatic carbocycles. The minimum atomic E-state index is -1.33. The molecule has 0 aromatic heterocycles. The van der Waals surface area contributed by atoms with Gasteiger partial charge < -0.3 is 35.0 Å². The van der Waals surface area contributed by atoms with Gasteiger partial charge in [-0.3, -0.25) is 4.79 Å². The molecule has 0 spiro atoms. The zero-order valence-electron chi connectivity index (χ0n) is 18.9. The Hall–Kier alpha value is -3.23. The van der Waals surface area contributed by atoms with E-state index in [1.807, 2.05) is 19.9 Å². The maximum absolute atomic E-state index is 12.8. The highest BCUT2D eigenvalue weighted by atomic mass is 16.5. The lowest BCUT2D eigenvalue weighted by molar-refractivity contribution is -0.112. The third-order valence-corrected chi connectivity index (χ3v) is 6.16. The number of aliphatic hydroxyl groups excluding tert-OH is 2. The Bertz CT molecular complexity index is 1160. The number of benzene rings is 2. The van der Waals surface area contributed by atoms with Gasteiger partial charge in [-0.2, -0.15) is 0 Å². The molecule has 8 heteroatoms. The fourth-order valence-corrected chi connectivity index (χ4v) is 4.34. The van der Waals surface area contributed by atoms with Crippen molar-refractivity contribution in [3.63, 3.8) is 0 Å². The zero-order valence-corrected chi connectivity index (χ0v) is 18.9. The van der Waals surface area contributed by atoms with Crippen molar-refractivity contribution in [1.29, 1.82) is 0 Å². The summed E-state index contributed by atoms with van der Waals surface area (Å²) in [5, 5.41) is 52.4. The first-order valence-electron chi connectivity index (χ1n) is 10.7. The molecule has 2 aliphatic heterocycles. The molecular weight excluding hydrogens is 428 g/mol. The van der Waals surface area contributed by atoms with Crippen LogP contribution < -0.4 is 9.47 Å². The summed E-state index contributed by atoms with van der Waals surface area (Å²) in [5.41, 5.74) is 0.953. The molecule has 3 atom stereocenters. The van der Waals surface area contributed by atoms with E-state index >= 15 is 0 Å². The lowest BCUT2D eigenvalue weighted by Crippen LogP contribution is -2.48. The van der Waals surface area contributed by atoms with Crippen LogP contribution in [0.5, 0.6) is 28.7 Å². The van der Waals surface area contributed by atoms with E-state index in [2.05, 4.69) is 0 Å². The van der Waals surface area contributed by atoms with Gasteiger partial charge in [-0.05, 0) is 40.2 Å². The zero-order chi connectivity index (χ0) is 24.2. The van der Waals surface area contributed by atoms with Crippen LogP contribution in [-0.2, 0) is 6.42 Å². The van der Waals surface area contributed by atoms with Crippen LogP contribution in [0.25, 0.3) is 0 Å². The number of hydrogen-bond acceptors (Lipinski definition) is 8. The fraction of sp³-hybridized carbons (Fsp3) is 0.400. The molecule has 3 unspecified atom stereocenters. The number of Topliss-reactive ketones (excluding diaryl/α,β-unsaturated/α-hetero) is 1. The van der Waals surface area contributed by atoms with E-state index in [9.17, 15) is 30.3 Å². The van der Waals surface area contributed by atoms with Crippen LogP contribution in [0, 0.1) is 0 Å². The molecule has 0 saturated carbocycles. The molecule has 4 rings (SSSR count). The maximum Gasteiger partial charge on any atom is 0.174 e. The lowest BCUT2D eigenvalue weighted by Gasteiger charge is -2.41. The van der Waals surface area contributed by atoms with E-state index in [0.717, 1.165) is 11.6 Å². The second kappa shape index (κ2) is 7.97. The van der Waals surface area contributed by atoms with Crippen LogP contribution in [0.3, 0.4) is 0 Å². The molecule has 176 valence electrons. The topological polar surface area (TPSA) is 137 Å². The number of allylic oxidation sites excluding steroid dienone is 2. The minimum absolute atomic E-state index is 0.0161. The van der Waals surface area contributed by atoms with Crippen molar-refractivity contribution in [2.24, 2.45) is 0 Å². The van der Waals surface area contributed by atoms with Crippen LogP contribution >= 0.6 is 0 Å². The highest BCUT2D eigenvalue weighted by molar-refractivity contribution is 6.02. The predicted octanol–water partition coefficient (Wildman–Crippen LogP) is 3.58. The highest BCUT2D eigenvalue weighted by Gasteiger charge is 2.45. The average molecular weight is 456 g/mol. The van der Waals surface area contributed by atoms with Gasteiger partial charge in [0, 0.05) is 28.8 Å². The number of ketones is 1. The molecule has 0 fully saturated rings. The number of phenols is 3. The Morgan fingerprint density at radius 1 is 1.12 bits per heavy atom. The first-order valence-corrected chi connectivity index (χ1v) is 10.7. The number of aromatic hydroxyl groups is 3. The van der Waals surface area contributed by atoms with Gasteiger partial charge in [0.05, 0.1) is 6.42 Å². The van der Waals surface area contributed by atoms with E-state index in [-0.39, 0.29) is 52.1 Å². The summed E-state index contributed by atoms with van der Waals surface area (Å²) in [7, 11) is 0. The smallest absolute Gasteiger partial charge is 0.174 e. The fourth-order valence-electron chi connectivity index (χ4n) is 4.34. The number of ether oxygens (including phenoxy) is 2. The van der Waals surface area contributed by atoms with Gasteiger partial charge in [0.1, 0.15) is 46.7 Å². The van der Waals surface area contributed by atoms with Crippen molar-refractivity contribution >= 4 is 5.78 Å². The number of phenolic OH excluding ortho intramolecular Hbond substituents is 3. The summed E-state index contributed by atoms with van der Waals surface area (Å²) in [6.45, 7) is 7.06. The molecule has 5 N–H and O–H groups in total. The van der Waals surface area contributed by atoms with E-state index < -0.39 is 23.9 Å². The van der Waals surface area contributed by atoms with Crippen molar-refractivity contribution in [2.75, 3.05) is 0 Å². The Morgan fingerprint density at radius 2 is 1.82 bits per heavy atom. The van der Waals surface area contributed by atoms with Gasteiger partial charge in [-0.15, -0.1) is 0 Å². The van der Waals surface area contributed by atoms with Crippen LogP contribution in [-0.4, -0.2) is 43.0 Å². The van der Waals surface area contributed by atoms with Crippen molar-refractivity contribution < 1.29 is 39.8 Å². The van der Waals surface area contributed by atoms with Gasteiger partial charge in [0.2, 0.25) is 0 Å². The van der Waals surface area contributed by atoms with Crippen molar-refractivity contribution in [3.05, 3.63) is 52.1 Å². The van der Waals surface area contributed by atoms with Gasteiger partial charge in [0.25, 0.3) is 0 Å². The van der Waals surface area contributed by atoms with E-state index in [1.54, 1.807) is 19.9 Å². The molecule has 0 radical (unpaired) electrons. The molecule has 0 amide bonds. The molecule has 2 heterocycles. The van der Waals surface area contributed by atoms with Gasteiger partial charge in [-0.25, -0.2) is 0 Å². The Morgan fingerprint density at radius 3 is 2.48 bits per heavy atom. The largest absolute Gasteiger partial charge is 0.508 e. The predicted molar refractivity (Wildman–Crippen MR) is 119 cm³/mol. The quantitative estimate of drug-likeness (QED) is 0.442. The Labute approximate surface area is 191 Å². The van der Waals surface area contributed by atoms with Crippen molar-refractivity contribution in [3.8, 4) is 28.7 Å². The van der Waals surface area contributed by atoms with Crippen LogP contribution in [0.1, 0.15) is 73.4 Å². The van der Waals surface area contributed by atoms with E-state index in [4.69, 9.17) is 9.47 Å². The molecule has 33 heavy (non-hydrogen) atoms. The lowest BCUT2D eigenvalue weighted by atomic mass is 9.83. The number of aliphatic hydroxyl groups is 2. The first-order chi connectivity index (χ1) is 15.4. The summed E-state index contributed by atoms with van der Waals surface area (Å²) < 4.78 is 11.9. The molecule has 8 nitrogen and oxygen atoms in total. The SMILES string of the molecule is CC(C)=CCc1c(C2CC(=O)c3c(O)cc(O)cc3O2)cc2c(c1O)OC(C)(C)C(O)C2O. The summed E-state index contributed by atoms with van der Waals surface area (Å²) in [5.74, 6) is -1.11. The number of carbonyl (C=O) groups is 1. The minimum Gasteiger partial charge on any atom is -0.508 e. The monoisotopic (exact) mass is 456 g/mol. The molecule has 0 bridgehead atoms. The number of carbonyl (C=O) groups excluding carboxylic acids is 1. The van der Waals surface area contributed by atoms with Gasteiger partial charge >= 0.3 is 0 Å². The third-order valence-electron chi connectivity index (χ3n) is 6.16. The average Bonchev–Trinajstić information content (AvgIpc) is 2.71. The second-order valence-electron chi connectivity index (χ2n) is 9.36. The standard InChI is InChI=1S/C25H28O8/c1-11(2)5-6-13-14(9-15-22(30)24(31)25(3,4)33-23(15)21(13)29)18-10-17(28)20-16(27)7-12(26)8-19(20)32-18/h5,7-9,18,22,24,26-27,29-31H,6,10H2,1-4H3. The first kappa shape index (κ1) is 22.9. The summed E-state index contributed by atoms with van der Waals surface area (Å²) in [6.07, 6.45) is -1.35. The molecule has 2 aliphatic rings. The van der Waals surface area contributed by atoms with E-state index in [1.165, 1.54) is 6.07 Å². The van der Waals surface area contributed by atoms with Crippen LogP contribution in [0.2, 0.25) is 0 Å². The number of rotatable bonds is 3. The normalized spacial score (nSPS) is 23.1. The van der Waals surface area contributed by atoms with Gasteiger partial charge in [-0.1, -0.05) is 11.6 Å². The summed E-state index contributed by atoms with van der Waals surface area (Å²) in [4.78, 5) is 12.8. The molecule has 2 aromatic rings. The second-order valence-corrected chi connectivity index (χ2v) is 9.36. The van der Waals surface area contributed by atoms with Gasteiger partial charge in [0.15, 0.2) is 17.3 Å². The van der Waals surface area contributed by atoms with Crippen molar-refractivity contribution in [1.82, 2.24) is 0 Å². The van der Waals surface area contributed by atoms with Crippen LogP contribution in [0.4, 0.5) is 0 Å². The summed E-state index contributed by atoms with van der Waals surface area (Å²) in [6, 6.07) is 3.90. The maximum atomic E-state index is 12.8. The number of fused-ring (bicyclic) bond motifs is 2. The van der Waals surface area contributed by atoms with E-state index in [0.29, 0.717) is 17.5 Å². The highest BCUT2D eigenvalue weighted by Crippen LogP contribution is 2.50. The molecular formula is C25H28O8. The molecule has 0 saturated heterocycles. The Kier molecular flexibility index (Phi) is 5.54. The van der Waals surface area contributed by atoms with Crippen molar-refractivity contribution in [2.45, 2.75) is 64.4 Å². The third kappa shape index (κ3) is 3.89. The summed E-state index contributed by atoms with van der Waals surface area (Å²) >= 11 is 0. The Balaban J connectivity index is 1.88. The number of hydrogen-bond donors (Lipinski definition) is 5. The molecule has 0 aliphatic carbocycles.